The maximum atomic E-state index is 12.6. The van der Waals surface area contributed by atoms with Gasteiger partial charge in [0.15, 0.2) is 0 Å². The predicted octanol–water partition coefficient (Wildman–Crippen LogP) is 3.42. The summed E-state index contributed by atoms with van der Waals surface area (Å²) in [5.41, 5.74) is 0.751. The minimum absolute atomic E-state index is 0.0462. The van der Waals surface area contributed by atoms with Gasteiger partial charge in [0.05, 0.1) is 22.5 Å². The van der Waals surface area contributed by atoms with Gasteiger partial charge in [0.1, 0.15) is 5.02 Å². The van der Waals surface area contributed by atoms with E-state index in [9.17, 15) is 14.9 Å². The lowest BCUT2D eigenvalue weighted by Gasteiger charge is -2.39. The summed E-state index contributed by atoms with van der Waals surface area (Å²) in [5, 5.41) is 15.1. The first kappa shape index (κ1) is 17.4. The molecule has 0 amide bonds. The highest BCUT2D eigenvalue weighted by molar-refractivity contribution is 6.33. The van der Waals surface area contributed by atoms with Gasteiger partial charge in [-0.05, 0) is 30.4 Å². The topological polar surface area (TPSA) is 81.3 Å². The van der Waals surface area contributed by atoms with Crippen molar-refractivity contribution in [2.24, 2.45) is 5.41 Å². The first-order chi connectivity index (χ1) is 11.8. The zero-order valence-electron chi connectivity index (χ0n) is 14.1. The van der Waals surface area contributed by atoms with Crippen molar-refractivity contribution in [3.8, 4) is 5.69 Å². The van der Waals surface area contributed by atoms with E-state index in [1.54, 1.807) is 6.20 Å². The van der Waals surface area contributed by atoms with Crippen LogP contribution in [-0.2, 0) is 0 Å². The van der Waals surface area contributed by atoms with E-state index in [4.69, 9.17) is 11.6 Å². The fourth-order valence-electron chi connectivity index (χ4n) is 3.17. The number of aromatic nitrogens is 2. The maximum Gasteiger partial charge on any atom is 0.292 e. The number of benzene rings is 1. The molecule has 1 aromatic carbocycles. The highest BCUT2D eigenvalue weighted by Crippen LogP contribution is 2.33. The molecule has 0 bridgehead atoms. The van der Waals surface area contributed by atoms with Gasteiger partial charge in [-0.1, -0.05) is 25.4 Å². The van der Waals surface area contributed by atoms with Crippen LogP contribution in [0, 0.1) is 15.5 Å². The van der Waals surface area contributed by atoms with Gasteiger partial charge in [-0.3, -0.25) is 14.9 Å². The number of rotatable bonds is 3. The summed E-state index contributed by atoms with van der Waals surface area (Å²) in [7, 11) is 0. The van der Waals surface area contributed by atoms with Gasteiger partial charge < -0.3 is 4.90 Å². The minimum Gasteiger partial charge on any atom is -0.368 e. The van der Waals surface area contributed by atoms with Gasteiger partial charge >= 0.3 is 0 Å². The predicted molar refractivity (Wildman–Crippen MR) is 96.7 cm³/mol. The van der Waals surface area contributed by atoms with Crippen molar-refractivity contribution in [3.63, 3.8) is 0 Å². The van der Waals surface area contributed by atoms with Gasteiger partial charge in [-0.2, -0.15) is 9.78 Å². The van der Waals surface area contributed by atoms with Crippen LogP contribution in [0.2, 0.25) is 5.02 Å². The molecule has 0 unspecified atom stereocenters. The normalized spacial score (nSPS) is 16.7. The molecule has 25 heavy (non-hydrogen) atoms. The lowest BCUT2D eigenvalue weighted by atomic mass is 9.84. The van der Waals surface area contributed by atoms with E-state index < -0.39 is 10.5 Å². The molecule has 2 heterocycles. The summed E-state index contributed by atoms with van der Waals surface area (Å²) in [6.45, 7) is 6.04. The van der Waals surface area contributed by atoms with E-state index in [1.165, 1.54) is 24.3 Å². The van der Waals surface area contributed by atoms with Gasteiger partial charge in [0.2, 0.25) is 0 Å². The Hall–Kier alpha value is -2.41. The van der Waals surface area contributed by atoms with Gasteiger partial charge in [-0.15, -0.1) is 0 Å². The molecular weight excluding hydrogens is 344 g/mol. The Morgan fingerprint density at radius 2 is 1.96 bits per heavy atom. The van der Waals surface area contributed by atoms with Gasteiger partial charge in [0.25, 0.3) is 11.2 Å². The van der Waals surface area contributed by atoms with E-state index in [0.29, 0.717) is 11.4 Å². The van der Waals surface area contributed by atoms with Crippen molar-refractivity contribution in [1.82, 2.24) is 9.78 Å². The molecule has 0 aliphatic carbocycles. The number of nitrogens with zero attached hydrogens (tertiary/aromatic N) is 4. The van der Waals surface area contributed by atoms with E-state index in [-0.39, 0.29) is 16.1 Å². The summed E-state index contributed by atoms with van der Waals surface area (Å²) in [6, 6.07) is 5.62. The minimum atomic E-state index is -0.492. The molecule has 1 aliphatic rings. The molecule has 1 saturated heterocycles. The largest absolute Gasteiger partial charge is 0.368 e. The Balaban J connectivity index is 1.95. The standard InChI is InChI=1S/C17H19ClN4O3/c1-17(2)8-3-9-20(11-17)14-10-19-21(16(23)15(14)18)12-4-6-13(7-5-12)22(24)25/h4-7,10H,3,8-9,11H2,1-2H3. The van der Waals surface area contributed by atoms with Gasteiger partial charge in [-0.25, -0.2) is 0 Å². The number of non-ortho nitro benzene ring substituents is 1. The second kappa shape index (κ2) is 6.48. The lowest BCUT2D eigenvalue weighted by molar-refractivity contribution is -0.384. The van der Waals surface area contributed by atoms with E-state index >= 15 is 0 Å². The van der Waals surface area contributed by atoms with Crippen molar-refractivity contribution in [3.05, 3.63) is 56.0 Å². The number of nitro benzene ring substituents is 1. The Bertz CT molecular complexity index is 861. The molecule has 0 N–H and O–H groups in total. The molecule has 1 aromatic heterocycles. The zero-order valence-corrected chi connectivity index (χ0v) is 14.9. The third-order valence-corrected chi connectivity index (χ3v) is 4.80. The highest BCUT2D eigenvalue weighted by atomic mass is 35.5. The number of halogens is 1. The second-order valence-electron chi connectivity index (χ2n) is 7.02. The molecule has 7 nitrogen and oxygen atoms in total. The number of piperidine rings is 1. The summed E-state index contributed by atoms with van der Waals surface area (Å²) in [5.74, 6) is 0. The quantitative estimate of drug-likeness (QED) is 0.617. The summed E-state index contributed by atoms with van der Waals surface area (Å²) < 4.78 is 1.16. The summed E-state index contributed by atoms with van der Waals surface area (Å²) >= 11 is 6.33. The highest BCUT2D eigenvalue weighted by Gasteiger charge is 2.28. The van der Waals surface area contributed by atoms with Crippen molar-refractivity contribution < 1.29 is 4.92 Å². The molecule has 1 fully saturated rings. The van der Waals surface area contributed by atoms with Crippen LogP contribution in [0.3, 0.4) is 0 Å². The van der Waals surface area contributed by atoms with Crippen molar-refractivity contribution >= 4 is 23.0 Å². The van der Waals surface area contributed by atoms with Crippen LogP contribution in [0.15, 0.2) is 35.3 Å². The molecule has 132 valence electrons. The molecule has 0 saturated carbocycles. The molecule has 0 radical (unpaired) electrons. The van der Waals surface area contributed by atoms with Crippen LogP contribution in [0.1, 0.15) is 26.7 Å². The van der Waals surface area contributed by atoms with E-state index in [0.717, 1.165) is 30.6 Å². The number of hydrogen-bond acceptors (Lipinski definition) is 5. The summed E-state index contributed by atoms with van der Waals surface area (Å²) in [6.07, 6.45) is 3.76. The van der Waals surface area contributed by atoms with Crippen LogP contribution in [0.4, 0.5) is 11.4 Å². The van der Waals surface area contributed by atoms with Crippen molar-refractivity contribution in [2.75, 3.05) is 18.0 Å². The molecular formula is C17H19ClN4O3. The number of nitro groups is 1. The Morgan fingerprint density at radius 1 is 1.28 bits per heavy atom. The molecule has 1 aliphatic heterocycles. The third-order valence-electron chi connectivity index (χ3n) is 4.45. The zero-order chi connectivity index (χ0) is 18.2. The van der Waals surface area contributed by atoms with Crippen LogP contribution >= 0.6 is 11.6 Å². The lowest BCUT2D eigenvalue weighted by Crippen LogP contribution is -2.41. The average Bonchev–Trinajstić information content (AvgIpc) is 2.56. The van der Waals surface area contributed by atoms with Crippen LogP contribution < -0.4 is 10.5 Å². The number of anilines is 1. The smallest absolute Gasteiger partial charge is 0.292 e. The first-order valence-corrected chi connectivity index (χ1v) is 8.44. The molecule has 0 atom stereocenters. The van der Waals surface area contributed by atoms with Crippen LogP contribution in [-0.4, -0.2) is 27.8 Å². The maximum absolute atomic E-state index is 12.6. The Kier molecular flexibility index (Phi) is 4.51. The van der Waals surface area contributed by atoms with Crippen LogP contribution in [0.5, 0.6) is 0 Å². The van der Waals surface area contributed by atoms with E-state index in [2.05, 4.69) is 23.8 Å². The average molecular weight is 363 g/mol. The Labute approximate surface area is 150 Å². The monoisotopic (exact) mass is 362 g/mol. The Morgan fingerprint density at radius 3 is 2.56 bits per heavy atom. The molecule has 3 rings (SSSR count). The SMILES string of the molecule is CC1(C)CCCN(c2cnn(-c3ccc([N+](=O)[O-])cc3)c(=O)c2Cl)C1. The van der Waals surface area contributed by atoms with Crippen molar-refractivity contribution in [2.45, 2.75) is 26.7 Å². The fourth-order valence-corrected chi connectivity index (χ4v) is 3.42. The first-order valence-electron chi connectivity index (χ1n) is 8.06. The van der Waals surface area contributed by atoms with Gasteiger partial charge in [0, 0.05) is 25.2 Å². The van der Waals surface area contributed by atoms with Crippen LogP contribution in [0.25, 0.3) is 5.69 Å². The molecule has 8 heteroatoms. The number of hydrogen-bond donors (Lipinski definition) is 0. The second-order valence-corrected chi connectivity index (χ2v) is 7.40. The third kappa shape index (κ3) is 3.51. The molecule has 0 spiro atoms. The molecule has 2 aromatic rings. The summed E-state index contributed by atoms with van der Waals surface area (Å²) in [4.78, 5) is 25.0. The van der Waals surface area contributed by atoms with E-state index in [1.807, 2.05) is 0 Å². The van der Waals surface area contributed by atoms with Crippen molar-refractivity contribution in [1.29, 1.82) is 0 Å². The fraction of sp³-hybridized carbons (Fsp3) is 0.412.